The summed E-state index contributed by atoms with van der Waals surface area (Å²) in [5, 5.41) is 8.21. The van der Waals surface area contributed by atoms with Crippen LogP contribution in [0.1, 0.15) is 17.1 Å². The van der Waals surface area contributed by atoms with Gasteiger partial charge in [0.1, 0.15) is 11.6 Å². The van der Waals surface area contributed by atoms with E-state index in [1.54, 1.807) is 49.4 Å². The molecular weight excluding hydrogens is 534 g/mol. The zero-order valence-corrected chi connectivity index (χ0v) is 21.7. The van der Waals surface area contributed by atoms with Gasteiger partial charge in [-0.1, -0.05) is 23.4 Å². The lowest BCUT2D eigenvalue weighted by Gasteiger charge is -2.16. The molecule has 0 bridgehead atoms. The number of benzene rings is 3. The molecule has 0 aliphatic rings. The second-order valence-corrected chi connectivity index (χ2v) is 11.1. The highest BCUT2D eigenvalue weighted by Crippen LogP contribution is 2.34. The Hall–Kier alpha value is -4.32. The van der Waals surface area contributed by atoms with E-state index in [0.717, 1.165) is 12.5 Å². The van der Waals surface area contributed by atoms with Crippen molar-refractivity contribution in [3.63, 3.8) is 0 Å². The molecule has 0 saturated carbocycles. The smallest absolute Gasteiger partial charge is 0.301 e. The molecule has 0 unspecified atom stereocenters. The van der Waals surface area contributed by atoms with Crippen molar-refractivity contribution in [1.29, 1.82) is 0 Å². The van der Waals surface area contributed by atoms with Gasteiger partial charge in [-0.15, -0.1) is 5.10 Å². The molecule has 0 spiro atoms. The summed E-state index contributed by atoms with van der Waals surface area (Å²) in [6.07, 6.45) is -1.18. The van der Waals surface area contributed by atoms with Gasteiger partial charge in [0.25, 0.3) is 0 Å². The molecule has 5 rings (SSSR count). The molecule has 0 amide bonds. The van der Waals surface area contributed by atoms with Crippen molar-refractivity contribution in [2.24, 2.45) is 0 Å². The Kier molecular flexibility index (Phi) is 6.37. The zero-order chi connectivity index (χ0) is 28.1. The lowest BCUT2D eigenvalue weighted by molar-refractivity contribution is -0.141. The molecule has 12 heteroatoms. The fourth-order valence-corrected chi connectivity index (χ4v) is 4.92. The summed E-state index contributed by atoms with van der Waals surface area (Å²) >= 11 is 0. The Labute approximate surface area is 221 Å². The maximum absolute atomic E-state index is 14.0. The standard InChI is InChI=1S/C27H21F4N5O2S/c1-16-11-20(7-9-22(16)28)25-14-32-34-36(25)24-13-19(18-5-4-6-21(12-18)39(3,37)38)8-10-23(24)35-15-26(27(29,30)31)33-17(35)2/h4-15H,1-3H3. The first-order valence-electron chi connectivity index (χ1n) is 11.6. The minimum atomic E-state index is -4.65. The van der Waals surface area contributed by atoms with Crippen molar-refractivity contribution in [3.8, 4) is 33.8 Å². The third-order valence-corrected chi connectivity index (χ3v) is 7.34. The van der Waals surface area contributed by atoms with Crippen molar-refractivity contribution >= 4 is 9.84 Å². The summed E-state index contributed by atoms with van der Waals surface area (Å²) in [4.78, 5) is 3.81. The van der Waals surface area contributed by atoms with Crippen LogP contribution in [0, 0.1) is 19.7 Å². The summed E-state index contributed by atoms with van der Waals surface area (Å²) in [5.41, 5.74) is 2.23. The number of sulfone groups is 1. The van der Waals surface area contributed by atoms with Gasteiger partial charge in [-0.05, 0) is 73.0 Å². The van der Waals surface area contributed by atoms with E-state index in [9.17, 15) is 26.0 Å². The Morgan fingerprint density at radius 1 is 0.872 bits per heavy atom. The Morgan fingerprint density at radius 3 is 2.26 bits per heavy atom. The van der Waals surface area contributed by atoms with Crippen molar-refractivity contribution in [2.45, 2.75) is 24.9 Å². The van der Waals surface area contributed by atoms with Crippen LogP contribution in [0.3, 0.4) is 0 Å². The average molecular weight is 556 g/mol. The molecule has 0 aliphatic heterocycles. The largest absolute Gasteiger partial charge is 0.434 e. The molecule has 2 heterocycles. The van der Waals surface area contributed by atoms with Gasteiger partial charge in [0.15, 0.2) is 15.5 Å². The molecule has 0 radical (unpaired) electrons. The molecule has 0 N–H and O–H groups in total. The van der Waals surface area contributed by atoms with Gasteiger partial charge in [-0.2, -0.15) is 13.2 Å². The average Bonchev–Trinajstić information content (AvgIpc) is 3.52. The van der Waals surface area contributed by atoms with Crippen molar-refractivity contribution < 1.29 is 26.0 Å². The molecule has 39 heavy (non-hydrogen) atoms. The van der Waals surface area contributed by atoms with Gasteiger partial charge >= 0.3 is 6.18 Å². The first-order valence-corrected chi connectivity index (χ1v) is 13.5. The first kappa shape index (κ1) is 26.3. The molecule has 5 aromatic rings. The van der Waals surface area contributed by atoms with Crippen LogP contribution in [0.5, 0.6) is 0 Å². The Balaban J connectivity index is 1.75. The van der Waals surface area contributed by atoms with Gasteiger partial charge in [-0.3, -0.25) is 0 Å². The van der Waals surface area contributed by atoms with Crippen LogP contribution in [0.15, 0.2) is 78.0 Å². The maximum atomic E-state index is 14.0. The van der Waals surface area contributed by atoms with Crippen molar-refractivity contribution in [3.05, 3.63) is 96.0 Å². The summed E-state index contributed by atoms with van der Waals surface area (Å²) in [6, 6.07) is 15.8. The Morgan fingerprint density at radius 2 is 1.59 bits per heavy atom. The van der Waals surface area contributed by atoms with Crippen LogP contribution in [0.4, 0.5) is 17.6 Å². The second kappa shape index (κ2) is 9.45. The minimum Gasteiger partial charge on any atom is -0.301 e. The number of hydrogen-bond acceptors (Lipinski definition) is 5. The molecule has 0 atom stereocenters. The van der Waals surface area contributed by atoms with Gasteiger partial charge in [0, 0.05) is 18.0 Å². The number of aryl methyl sites for hydroxylation is 2. The summed E-state index contributed by atoms with van der Waals surface area (Å²) in [7, 11) is -3.48. The summed E-state index contributed by atoms with van der Waals surface area (Å²) in [5.74, 6) is -0.297. The van der Waals surface area contributed by atoms with E-state index in [2.05, 4.69) is 15.3 Å². The molecule has 0 saturated heterocycles. The highest BCUT2D eigenvalue weighted by molar-refractivity contribution is 7.90. The van der Waals surface area contributed by atoms with Crippen molar-refractivity contribution in [1.82, 2.24) is 24.5 Å². The van der Waals surface area contributed by atoms with Gasteiger partial charge in [0.05, 0.1) is 28.2 Å². The number of aromatic nitrogens is 5. The first-order chi connectivity index (χ1) is 18.3. The number of halogens is 4. The molecule has 2 aromatic heterocycles. The lowest BCUT2D eigenvalue weighted by Crippen LogP contribution is -2.08. The Bertz CT molecular complexity index is 1820. The van der Waals surface area contributed by atoms with E-state index < -0.39 is 21.7 Å². The highest BCUT2D eigenvalue weighted by atomic mass is 32.2. The quantitative estimate of drug-likeness (QED) is 0.250. The molecule has 200 valence electrons. The van der Waals surface area contributed by atoms with Crippen LogP contribution in [-0.2, 0) is 16.0 Å². The second-order valence-electron chi connectivity index (χ2n) is 9.04. The fraction of sp³-hybridized carbons (Fsp3) is 0.148. The van der Waals surface area contributed by atoms with E-state index in [-0.39, 0.29) is 16.5 Å². The topological polar surface area (TPSA) is 82.7 Å². The van der Waals surface area contributed by atoms with Gasteiger partial charge < -0.3 is 4.57 Å². The number of hydrogen-bond donors (Lipinski definition) is 0. The van der Waals surface area contributed by atoms with Crippen LogP contribution < -0.4 is 0 Å². The van der Waals surface area contributed by atoms with E-state index in [0.29, 0.717) is 39.3 Å². The number of imidazole rings is 1. The van der Waals surface area contributed by atoms with E-state index in [1.165, 1.54) is 40.6 Å². The van der Waals surface area contributed by atoms with Crippen LogP contribution in [-0.4, -0.2) is 39.2 Å². The maximum Gasteiger partial charge on any atom is 0.434 e. The van der Waals surface area contributed by atoms with Crippen molar-refractivity contribution in [2.75, 3.05) is 6.26 Å². The molecule has 7 nitrogen and oxygen atoms in total. The minimum absolute atomic E-state index is 0.0923. The molecule has 0 fully saturated rings. The third kappa shape index (κ3) is 5.07. The zero-order valence-electron chi connectivity index (χ0n) is 20.9. The summed E-state index contributed by atoms with van der Waals surface area (Å²) in [6.45, 7) is 3.06. The van der Waals surface area contributed by atoms with Crippen LogP contribution in [0.2, 0.25) is 0 Å². The van der Waals surface area contributed by atoms with Gasteiger partial charge in [0.2, 0.25) is 0 Å². The number of rotatable bonds is 5. The van der Waals surface area contributed by atoms with Crippen LogP contribution >= 0.6 is 0 Å². The SMILES string of the molecule is Cc1cc(-c2cnnn2-c2cc(-c3cccc(S(C)(=O)=O)c3)ccc2-n2cc(C(F)(F)F)nc2C)ccc1F. The fourth-order valence-electron chi connectivity index (χ4n) is 4.25. The predicted molar refractivity (Wildman–Crippen MR) is 137 cm³/mol. The third-order valence-electron chi connectivity index (χ3n) is 6.23. The highest BCUT2D eigenvalue weighted by Gasteiger charge is 2.34. The predicted octanol–water partition coefficient (Wildman–Crippen LogP) is 5.97. The molecular formula is C27H21F4N5O2S. The van der Waals surface area contributed by atoms with Gasteiger partial charge in [-0.25, -0.2) is 22.5 Å². The number of nitrogens with zero attached hydrogens (tertiary/aromatic N) is 5. The lowest BCUT2D eigenvalue weighted by atomic mass is 10.0. The normalized spacial score (nSPS) is 12.2. The summed E-state index contributed by atoms with van der Waals surface area (Å²) < 4.78 is 81.4. The van der Waals surface area contributed by atoms with E-state index in [1.807, 2.05) is 0 Å². The molecule has 0 aliphatic carbocycles. The number of alkyl halides is 3. The van der Waals surface area contributed by atoms with E-state index >= 15 is 0 Å². The van der Waals surface area contributed by atoms with Crippen LogP contribution in [0.25, 0.3) is 33.8 Å². The monoisotopic (exact) mass is 555 g/mol. The van der Waals surface area contributed by atoms with E-state index in [4.69, 9.17) is 0 Å². The molecule has 3 aromatic carbocycles.